The zero-order chi connectivity index (χ0) is 18.1. The molecule has 1 aliphatic rings. The molecule has 0 unspecified atom stereocenters. The summed E-state index contributed by atoms with van der Waals surface area (Å²) in [6.45, 7) is 2.90. The van der Waals surface area contributed by atoms with Crippen molar-refractivity contribution in [3.63, 3.8) is 0 Å². The number of hydrogen-bond donors (Lipinski definition) is 1. The fourth-order valence-electron chi connectivity index (χ4n) is 3.33. The molecule has 4 rings (SSSR count). The van der Waals surface area contributed by atoms with Gasteiger partial charge in [0.25, 0.3) is 11.1 Å². The van der Waals surface area contributed by atoms with E-state index >= 15 is 0 Å². The van der Waals surface area contributed by atoms with Gasteiger partial charge in [0, 0.05) is 23.7 Å². The zero-order valence-electron chi connectivity index (χ0n) is 14.4. The van der Waals surface area contributed by atoms with Gasteiger partial charge >= 0.3 is 0 Å². The third kappa shape index (κ3) is 3.06. The number of imide groups is 1. The highest BCUT2D eigenvalue weighted by Crippen LogP contribution is 2.31. The highest BCUT2D eigenvalue weighted by atomic mass is 32.2. The summed E-state index contributed by atoms with van der Waals surface area (Å²) in [6, 6.07) is 16.6. The van der Waals surface area contributed by atoms with E-state index in [4.69, 9.17) is 0 Å². The predicted octanol–water partition coefficient (Wildman–Crippen LogP) is 4.58. The van der Waals surface area contributed by atoms with Crippen LogP contribution in [0, 0.1) is 0 Å². The van der Waals surface area contributed by atoms with Gasteiger partial charge in [0.15, 0.2) is 0 Å². The van der Waals surface area contributed by atoms with E-state index in [-0.39, 0.29) is 11.1 Å². The molecule has 1 aliphatic heterocycles. The minimum absolute atomic E-state index is 0.316. The van der Waals surface area contributed by atoms with Gasteiger partial charge in [-0.15, -0.1) is 0 Å². The lowest BCUT2D eigenvalue weighted by molar-refractivity contribution is -0.115. The summed E-state index contributed by atoms with van der Waals surface area (Å²) in [4.78, 5) is 23.8. The van der Waals surface area contributed by atoms with Gasteiger partial charge in [-0.3, -0.25) is 14.9 Å². The van der Waals surface area contributed by atoms with E-state index in [1.54, 1.807) is 0 Å². The number of thioether (sulfide) groups is 1. The number of carbonyl (C=O) groups is 2. The number of rotatable bonds is 4. The maximum atomic E-state index is 11.9. The highest BCUT2D eigenvalue weighted by molar-refractivity contribution is 8.18. The summed E-state index contributed by atoms with van der Waals surface area (Å²) in [5, 5.41) is 3.10. The second-order valence-corrected chi connectivity index (χ2v) is 7.23. The average molecular weight is 362 g/mol. The van der Waals surface area contributed by atoms with Gasteiger partial charge < -0.3 is 4.57 Å². The van der Waals surface area contributed by atoms with E-state index in [1.165, 1.54) is 16.6 Å². The smallest absolute Gasteiger partial charge is 0.290 e. The van der Waals surface area contributed by atoms with Crippen LogP contribution in [0.4, 0.5) is 4.79 Å². The number of nitrogens with zero attached hydrogens (tertiary/aromatic N) is 1. The number of nitrogens with one attached hydrogen (secondary N) is 1. The maximum Gasteiger partial charge on any atom is 0.290 e. The van der Waals surface area contributed by atoms with Crippen LogP contribution in [-0.4, -0.2) is 15.7 Å². The molecule has 1 saturated heterocycles. The molecule has 0 bridgehead atoms. The Kier molecular flexibility index (Phi) is 4.39. The number of aryl methyl sites for hydroxylation is 1. The lowest BCUT2D eigenvalue weighted by Gasteiger charge is -2.08. The second-order valence-electron chi connectivity index (χ2n) is 6.22. The quantitative estimate of drug-likeness (QED) is 0.692. The Bertz CT molecular complexity index is 1030. The number of hydrogen-bond acceptors (Lipinski definition) is 3. The van der Waals surface area contributed by atoms with E-state index in [2.05, 4.69) is 47.3 Å². The molecular formula is C21H18N2O2S. The summed E-state index contributed by atoms with van der Waals surface area (Å²) >= 11 is 0.953. The molecule has 26 heavy (non-hydrogen) atoms. The van der Waals surface area contributed by atoms with Crippen molar-refractivity contribution in [1.82, 2.24) is 9.88 Å². The molecule has 4 nitrogen and oxygen atoms in total. The molecule has 1 fully saturated rings. The second kappa shape index (κ2) is 6.84. The minimum Gasteiger partial charge on any atom is -0.342 e. The van der Waals surface area contributed by atoms with Crippen LogP contribution in [0.5, 0.6) is 0 Å². The van der Waals surface area contributed by atoms with E-state index in [1.807, 2.05) is 30.3 Å². The highest BCUT2D eigenvalue weighted by Gasteiger charge is 2.25. The van der Waals surface area contributed by atoms with E-state index in [0.717, 1.165) is 35.7 Å². The van der Waals surface area contributed by atoms with Gasteiger partial charge in [0.05, 0.1) is 10.4 Å². The molecule has 0 saturated carbocycles. The molecule has 2 aromatic carbocycles. The molecule has 5 heteroatoms. The lowest BCUT2D eigenvalue weighted by atomic mass is 10.1. The third-order valence-electron chi connectivity index (χ3n) is 4.52. The first kappa shape index (κ1) is 16.7. The van der Waals surface area contributed by atoms with E-state index in [0.29, 0.717) is 4.91 Å². The largest absolute Gasteiger partial charge is 0.342 e. The van der Waals surface area contributed by atoms with Crippen LogP contribution in [0.25, 0.3) is 17.0 Å². The minimum atomic E-state index is -0.324. The van der Waals surface area contributed by atoms with Crippen molar-refractivity contribution in [3.8, 4) is 0 Å². The summed E-state index contributed by atoms with van der Waals surface area (Å²) in [5.74, 6) is -0.324. The zero-order valence-corrected chi connectivity index (χ0v) is 15.2. The van der Waals surface area contributed by atoms with Crippen LogP contribution in [0.1, 0.15) is 23.6 Å². The number of amides is 2. The molecule has 0 aliphatic carbocycles. The van der Waals surface area contributed by atoms with Gasteiger partial charge in [-0.2, -0.15) is 0 Å². The number of para-hydroxylation sites is 1. The maximum absolute atomic E-state index is 11.9. The van der Waals surface area contributed by atoms with E-state index < -0.39 is 0 Å². The molecule has 1 aromatic heterocycles. The number of benzene rings is 2. The van der Waals surface area contributed by atoms with Gasteiger partial charge in [0.2, 0.25) is 0 Å². The van der Waals surface area contributed by atoms with Gasteiger partial charge in [-0.25, -0.2) is 0 Å². The van der Waals surface area contributed by atoms with Crippen molar-refractivity contribution < 1.29 is 9.59 Å². The van der Waals surface area contributed by atoms with Crippen molar-refractivity contribution in [2.24, 2.45) is 0 Å². The van der Waals surface area contributed by atoms with Crippen LogP contribution in [0.2, 0.25) is 0 Å². The fraction of sp³-hybridized carbons (Fsp3) is 0.143. The monoisotopic (exact) mass is 362 g/mol. The summed E-state index contributed by atoms with van der Waals surface area (Å²) in [6.07, 6.45) is 4.81. The lowest BCUT2D eigenvalue weighted by Crippen LogP contribution is -2.17. The number of carbonyl (C=O) groups excluding carboxylic acids is 2. The third-order valence-corrected chi connectivity index (χ3v) is 5.33. The predicted molar refractivity (Wildman–Crippen MR) is 106 cm³/mol. The van der Waals surface area contributed by atoms with E-state index in [9.17, 15) is 9.59 Å². The van der Waals surface area contributed by atoms with Crippen LogP contribution in [0.15, 0.2) is 59.6 Å². The molecule has 2 amide bonds. The van der Waals surface area contributed by atoms with Crippen LogP contribution >= 0.6 is 11.8 Å². The van der Waals surface area contributed by atoms with Crippen molar-refractivity contribution in [1.29, 1.82) is 0 Å². The fourth-order valence-corrected chi connectivity index (χ4v) is 4.01. The average Bonchev–Trinajstić information content (AvgIpc) is 3.15. The Morgan fingerprint density at radius 1 is 1.08 bits per heavy atom. The Labute approximate surface area is 155 Å². The van der Waals surface area contributed by atoms with Crippen molar-refractivity contribution in [2.45, 2.75) is 19.9 Å². The van der Waals surface area contributed by atoms with Crippen LogP contribution in [-0.2, 0) is 17.8 Å². The van der Waals surface area contributed by atoms with Crippen LogP contribution in [0.3, 0.4) is 0 Å². The molecule has 2 heterocycles. The number of aromatic nitrogens is 1. The normalized spacial score (nSPS) is 15.8. The Balaban J connectivity index is 1.85. The molecular weight excluding hydrogens is 344 g/mol. The molecule has 0 radical (unpaired) electrons. The Hall–Kier alpha value is -2.79. The van der Waals surface area contributed by atoms with Gasteiger partial charge in [-0.1, -0.05) is 55.5 Å². The van der Waals surface area contributed by atoms with Gasteiger partial charge in [-0.05, 0) is 35.4 Å². The first-order valence-corrected chi connectivity index (χ1v) is 9.37. The molecule has 1 N–H and O–H groups in total. The van der Waals surface area contributed by atoms with Crippen molar-refractivity contribution in [3.05, 3.63) is 76.3 Å². The van der Waals surface area contributed by atoms with Crippen molar-refractivity contribution >= 4 is 39.9 Å². The molecule has 0 atom stereocenters. The molecule has 130 valence electrons. The molecule has 3 aromatic rings. The van der Waals surface area contributed by atoms with Gasteiger partial charge in [0.1, 0.15) is 0 Å². The molecule has 0 spiro atoms. The first-order valence-electron chi connectivity index (χ1n) is 8.55. The number of fused-ring (bicyclic) bond motifs is 1. The Morgan fingerprint density at radius 2 is 1.88 bits per heavy atom. The first-order chi connectivity index (χ1) is 12.7. The summed E-state index contributed by atoms with van der Waals surface area (Å²) < 4.78 is 2.23. The standard InChI is InChI=1S/C21H18N2O2S/c1-2-15-9-6-10-17-16(11-18-20(24)22-21(25)26-18)13-23(19(15)17)12-14-7-4-3-5-8-14/h3-11,13H,2,12H2,1H3,(H,22,24,25)/b18-11-. The SMILES string of the molecule is CCc1cccc2c(/C=C3\SC(=O)NC3=O)cn(Cc3ccccc3)c12. The Morgan fingerprint density at radius 3 is 2.58 bits per heavy atom. The summed E-state index contributed by atoms with van der Waals surface area (Å²) in [7, 11) is 0. The topological polar surface area (TPSA) is 51.1 Å². The summed E-state index contributed by atoms with van der Waals surface area (Å²) in [5.41, 5.74) is 4.62. The van der Waals surface area contributed by atoms with Crippen molar-refractivity contribution in [2.75, 3.05) is 0 Å². The van der Waals surface area contributed by atoms with Crippen LogP contribution < -0.4 is 5.32 Å².